The quantitative estimate of drug-likeness (QED) is 0.838. The molecule has 2 aromatic rings. The number of amides is 1. The van der Waals surface area contributed by atoms with Crippen molar-refractivity contribution in [2.75, 3.05) is 5.01 Å². The maximum Gasteiger partial charge on any atom is 0.256 e. The number of carbonyl (C=O) groups is 1. The van der Waals surface area contributed by atoms with Gasteiger partial charge in [0, 0.05) is 18.0 Å². The fourth-order valence-electron chi connectivity index (χ4n) is 2.31. The third-order valence-electron chi connectivity index (χ3n) is 3.40. The smallest absolute Gasteiger partial charge is 0.256 e. The molecule has 0 aliphatic carbocycles. The molecule has 0 N–H and O–H groups in total. The van der Waals surface area contributed by atoms with Crippen molar-refractivity contribution in [3.8, 4) is 0 Å². The lowest BCUT2D eigenvalue weighted by Crippen LogP contribution is -2.25. The largest absolute Gasteiger partial charge is 0.272 e. The van der Waals surface area contributed by atoms with Gasteiger partial charge in [0.15, 0.2) is 0 Å². The van der Waals surface area contributed by atoms with Crippen molar-refractivity contribution in [3.05, 3.63) is 59.9 Å². The van der Waals surface area contributed by atoms with Crippen molar-refractivity contribution in [2.45, 2.75) is 13.8 Å². The summed E-state index contributed by atoms with van der Waals surface area (Å²) in [6.07, 6.45) is 3.45. The Balaban J connectivity index is 2.02. The highest BCUT2D eigenvalue weighted by Gasteiger charge is 2.33. The molecule has 3 rings (SSSR count). The molecule has 100 valence electrons. The Hall–Kier alpha value is -2.49. The summed E-state index contributed by atoms with van der Waals surface area (Å²) < 4.78 is 0. The number of hydrazone groups is 1. The molecule has 1 amide bonds. The second kappa shape index (κ2) is 4.89. The minimum absolute atomic E-state index is 0.00514. The van der Waals surface area contributed by atoms with Gasteiger partial charge in [0.25, 0.3) is 5.91 Å². The molecule has 1 aliphatic rings. The lowest BCUT2D eigenvalue weighted by molar-refractivity contribution is -0.119. The molecular weight excluding hydrogens is 250 g/mol. The summed E-state index contributed by atoms with van der Waals surface area (Å²) in [6, 6.07) is 11.6. The van der Waals surface area contributed by atoms with Crippen LogP contribution < -0.4 is 5.01 Å². The molecule has 0 radical (unpaired) electrons. The van der Waals surface area contributed by atoms with Crippen LogP contribution in [-0.2, 0) is 4.79 Å². The lowest BCUT2D eigenvalue weighted by atomic mass is 10.0. The molecule has 4 heteroatoms. The van der Waals surface area contributed by atoms with Gasteiger partial charge < -0.3 is 0 Å². The number of pyridine rings is 1. The topological polar surface area (TPSA) is 45.6 Å². The highest BCUT2D eigenvalue weighted by atomic mass is 16.2. The van der Waals surface area contributed by atoms with E-state index in [-0.39, 0.29) is 11.8 Å². The molecule has 0 spiro atoms. The first-order chi connectivity index (χ1) is 9.66. The monoisotopic (exact) mass is 265 g/mol. The van der Waals surface area contributed by atoms with Crippen LogP contribution in [0.1, 0.15) is 18.1 Å². The number of hydrogen-bond donors (Lipinski definition) is 0. The van der Waals surface area contributed by atoms with Gasteiger partial charge in [-0.2, -0.15) is 10.1 Å². The van der Waals surface area contributed by atoms with Crippen molar-refractivity contribution < 1.29 is 4.79 Å². The van der Waals surface area contributed by atoms with Crippen LogP contribution in [0.4, 0.5) is 5.69 Å². The molecule has 1 unspecified atom stereocenters. The average molecular weight is 265 g/mol. The number of hydrogen-bond acceptors (Lipinski definition) is 3. The van der Waals surface area contributed by atoms with Gasteiger partial charge in [-0.25, -0.2) is 0 Å². The van der Waals surface area contributed by atoms with Crippen LogP contribution in [0.3, 0.4) is 0 Å². The Morgan fingerprint density at radius 3 is 2.75 bits per heavy atom. The molecule has 1 atom stereocenters. The number of nitrogens with zero attached hydrogens (tertiary/aromatic N) is 3. The third kappa shape index (κ3) is 2.09. The molecule has 0 saturated heterocycles. The standard InChI is InChI=1S/C16H15N3O/c1-11-5-3-7-14(9-11)19-16(20)12(2)15(18-19)13-6-4-8-17-10-13/h3-10,12H,1-2H3. The van der Waals surface area contributed by atoms with Crippen LogP contribution in [0.2, 0.25) is 0 Å². The summed E-state index contributed by atoms with van der Waals surface area (Å²) in [5.41, 5.74) is 3.57. The number of aryl methyl sites for hydroxylation is 1. The van der Waals surface area contributed by atoms with Crippen molar-refractivity contribution in [2.24, 2.45) is 11.0 Å². The number of aromatic nitrogens is 1. The highest BCUT2D eigenvalue weighted by molar-refractivity contribution is 6.21. The SMILES string of the molecule is Cc1cccc(N2N=C(c3cccnc3)C(C)C2=O)c1. The number of carbonyl (C=O) groups excluding carboxylic acids is 1. The van der Waals surface area contributed by atoms with Crippen LogP contribution in [-0.4, -0.2) is 16.6 Å². The normalized spacial score (nSPS) is 18.3. The van der Waals surface area contributed by atoms with Gasteiger partial charge in [0.2, 0.25) is 0 Å². The molecule has 2 heterocycles. The maximum atomic E-state index is 12.4. The van der Waals surface area contributed by atoms with Gasteiger partial charge in [0.05, 0.1) is 17.3 Å². The van der Waals surface area contributed by atoms with Crippen molar-refractivity contribution in [1.82, 2.24) is 4.98 Å². The second-order valence-electron chi connectivity index (χ2n) is 4.94. The van der Waals surface area contributed by atoms with E-state index in [1.807, 2.05) is 50.2 Å². The Morgan fingerprint density at radius 2 is 2.05 bits per heavy atom. The van der Waals surface area contributed by atoms with Gasteiger partial charge >= 0.3 is 0 Å². The van der Waals surface area contributed by atoms with Gasteiger partial charge in [-0.05, 0) is 43.7 Å². The minimum Gasteiger partial charge on any atom is -0.272 e. The molecule has 0 saturated carbocycles. The second-order valence-corrected chi connectivity index (χ2v) is 4.94. The zero-order chi connectivity index (χ0) is 14.1. The predicted octanol–water partition coefficient (Wildman–Crippen LogP) is 2.78. The first kappa shape index (κ1) is 12.5. The van der Waals surface area contributed by atoms with E-state index in [0.717, 1.165) is 22.5 Å². The minimum atomic E-state index is -0.250. The number of benzene rings is 1. The first-order valence-corrected chi connectivity index (χ1v) is 6.56. The zero-order valence-corrected chi connectivity index (χ0v) is 11.4. The summed E-state index contributed by atoms with van der Waals surface area (Å²) in [7, 11) is 0. The van der Waals surface area contributed by atoms with Crippen molar-refractivity contribution >= 4 is 17.3 Å². The highest BCUT2D eigenvalue weighted by Crippen LogP contribution is 2.26. The molecule has 1 aromatic heterocycles. The fourth-order valence-corrected chi connectivity index (χ4v) is 2.31. The zero-order valence-electron chi connectivity index (χ0n) is 11.4. The Labute approximate surface area is 117 Å². The molecule has 0 fully saturated rings. The van der Waals surface area contributed by atoms with Crippen LogP contribution in [0, 0.1) is 12.8 Å². The van der Waals surface area contributed by atoms with E-state index in [9.17, 15) is 4.79 Å². The lowest BCUT2D eigenvalue weighted by Gasteiger charge is -2.12. The Morgan fingerprint density at radius 1 is 1.20 bits per heavy atom. The average Bonchev–Trinajstić information content (AvgIpc) is 2.76. The van der Waals surface area contributed by atoms with E-state index in [1.165, 1.54) is 5.01 Å². The van der Waals surface area contributed by atoms with E-state index in [4.69, 9.17) is 0 Å². The molecule has 1 aliphatic heterocycles. The van der Waals surface area contributed by atoms with E-state index >= 15 is 0 Å². The van der Waals surface area contributed by atoms with Crippen molar-refractivity contribution in [3.63, 3.8) is 0 Å². The fraction of sp³-hybridized carbons (Fsp3) is 0.188. The summed E-state index contributed by atoms with van der Waals surface area (Å²) >= 11 is 0. The van der Waals surface area contributed by atoms with E-state index in [0.29, 0.717) is 0 Å². The van der Waals surface area contributed by atoms with Gasteiger partial charge in [-0.1, -0.05) is 12.1 Å². The van der Waals surface area contributed by atoms with E-state index < -0.39 is 0 Å². The Bertz CT molecular complexity index is 679. The summed E-state index contributed by atoms with van der Waals surface area (Å²) in [6.45, 7) is 3.88. The van der Waals surface area contributed by atoms with Crippen LogP contribution in [0.5, 0.6) is 0 Å². The third-order valence-corrected chi connectivity index (χ3v) is 3.40. The maximum absolute atomic E-state index is 12.4. The van der Waals surface area contributed by atoms with Crippen LogP contribution in [0.25, 0.3) is 0 Å². The summed E-state index contributed by atoms with van der Waals surface area (Å²) in [4.78, 5) is 16.5. The number of rotatable bonds is 2. The van der Waals surface area contributed by atoms with Crippen LogP contribution >= 0.6 is 0 Å². The van der Waals surface area contributed by atoms with Gasteiger partial charge in [-0.15, -0.1) is 0 Å². The van der Waals surface area contributed by atoms with Gasteiger partial charge in [-0.3, -0.25) is 9.78 Å². The number of anilines is 1. The molecule has 4 nitrogen and oxygen atoms in total. The Kier molecular flexibility index (Phi) is 3.06. The van der Waals surface area contributed by atoms with E-state index in [2.05, 4.69) is 10.1 Å². The molecule has 20 heavy (non-hydrogen) atoms. The molecule has 0 bridgehead atoms. The molecule has 1 aromatic carbocycles. The first-order valence-electron chi connectivity index (χ1n) is 6.56. The summed E-state index contributed by atoms with van der Waals surface area (Å²) in [5.74, 6) is -0.255. The summed E-state index contributed by atoms with van der Waals surface area (Å²) in [5, 5.41) is 5.98. The van der Waals surface area contributed by atoms with Crippen molar-refractivity contribution in [1.29, 1.82) is 0 Å². The predicted molar refractivity (Wildman–Crippen MR) is 78.6 cm³/mol. The van der Waals surface area contributed by atoms with Crippen LogP contribution in [0.15, 0.2) is 53.9 Å². The molecular formula is C16H15N3O. The van der Waals surface area contributed by atoms with E-state index in [1.54, 1.807) is 12.4 Å². The van der Waals surface area contributed by atoms with Gasteiger partial charge in [0.1, 0.15) is 0 Å².